The van der Waals surface area contributed by atoms with Gasteiger partial charge in [0.1, 0.15) is 5.75 Å². The van der Waals surface area contributed by atoms with Crippen LogP contribution in [-0.2, 0) is 10.2 Å². The Morgan fingerprint density at radius 1 is 1.29 bits per heavy atom. The summed E-state index contributed by atoms with van der Waals surface area (Å²) >= 11 is 0. The molecule has 2 rings (SSSR count). The van der Waals surface area contributed by atoms with Crippen LogP contribution in [0.3, 0.4) is 0 Å². The Bertz CT molecular complexity index is 533. The van der Waals surface area contributed by atoms with Crippen molar-refractivity contribution in [2.45, 2.75) is 52.0 Å². The Hall–Kier alpha value is -1.55. The zero-order chi connectivity index (χ0) is 17.7. The summed E-state index contributed by atoms with van der Waals surface area (Å²) in [5.74, 6) is 1.53. The average Bonchev–Trinajstić information content (AvgIpc) is 3.36. The number of amides is 1. The highest BCUT2D eigenvalue weighted by Gasteiger charge is 2.28. The first kappa shape index (κ1) is 18.8. The van der Waals surface area contributed by atoms with Gasteiger partial charge in [0, 0.05) is 18.0 Å². The third-order valence-corrected chi connectivity index (χ3v) is 4.51. The highest BCUT2D eigenvalue weighted by atomic mass is 16.5. The fourth-order valence-corrected chi connectivity index (χ4v) is 2.61. The van der Waals surface area contributed by atoms with Crippen LogP contribution in [0.15, 0.2) is 24.3 Å². The third-order valence-electron chi connectivity index (χ3n) is 4.51. The van der Waals surface area contributed by atoms with Crippen molar-refractivity contribution in [1.82, 2.24) is 10.2 Å². The first-order chi connectivity index (χ1) is 11.3. The molecule has 0 spiro atoms. The predicted molar refractivity (Wildman–Crippen MR) is 98.5 cm³/mol. The van der Waals surface area contributed by atoms with Crippen molar-refractivity contribution in [3.63, 3.8) is 0 Å². The summed E-state index contributed by atoms with van der Waals surface area (Å²) in [4.78, 5) is 14.2. The minimum Gasteiger partial charge on any atom is -0.493 e. The minimum absolute atomic E-state index is 0.106. The first-order valence-electron chi connectivity index (χ1n) is 8.98. The normalized spacial score (nSPS) is 15.0. The smallest absolute Gasteiger partial charge is 0.234 e. The molecule has 1 aromatic carbocycles. The van der Waals surface area contributed by atoms with Crippen molar-refractivity contribution in [3.8, 4) is 5.75 Å². The second-order valence-corrected chi connectivity index (χ2v) is 8.04. The van der Waals surface area contributed by atoms with E-state index < -0.39 is 0 Å². The number of ether oxygens (including phenoxy) is 1. The number of benzene rings is 1. The summed E-state index contributed by atoms with van der Waals surface area (Å²) in [6, 6.07) is 8.84. The van der Waals surface area contributed by atoms with Gasteiger partial charge in [-0.05, 0) is 43.5 Å². The maximum absolute atomic E-state index is 12.1. The first-order valence-corrected chi connectivity index (χ1v) is 8.98. The van der Waals surface area contributed by atoms with Crippen LogP contribution < -0.4 is 10.1 Å². The van der Waals surface area contributed by atoms with Crippen molar-refractivity contribution >= 4 is 5.91 Å². The van der Waals surface area contributed by atoms with E-state index >= 15 is 0 Å². The molecule has 0 bridgehead atoms. The van der Waals surface area contributed by atoms with E-state index in [2.05, 4.69) is 50.0 Å². The quantitative estimate of drug-likeness (QED) is 0.755. The Balaban J connectivity index is 1.83. The van der Waals surface area contributed by atoms with Gasteiger partial charge in [0.2, 0.25) is 5.91 Å². The van der Waals surface area contributed by atoms with Crippen molar-refractivity contribution in [2.24, 2.45) is 5.92 Å². The molecule has 1 aliphatic carbocycles. The lowest BCUT2D eigenvalue weighted by atomic mass is 9.84. The van der Waals surface area contributed by atoms with Gasteiger partial charge in [-0.2, -0.15) is 0 Å². The molecule has 4 heteroatoms. The molecular weight excluding hydrogens is 300 g/mol. The van der Waals surface area contributed by atoms with Crippen molar-refractivity contribution < 1.29 is 9.53 Å². The van der Waals surface area contributed by atoms with Gasteiger partial charge in [-0.3, -0.25) is 9.69 Å². The van der Waals surface area contributed by atoms with Crippen LogP contribution in [0.5, 0.6) is 5.75 Å². The van der Waals surface area contributed by atoms with Gasteiger partial charge in [0.15, 0.2) is 0 Å². The molecule has 24 heavy (non-hydrogen) atoms. The van der Waals surface area contributed by atoms with Crippen molar-refractivity contribution in [3.05, 3.63) is 29.8 Å². The molecule has 0 heterocycles. The highest BCUT2D eigenvalue weighted by Crippen LogP contribution is 2.26. The molecule has 0 saturated heterocycles. The molecule has 0 unspecified atom stereocenters. The molecule has 0 radical (unpaired) electrons. The topological polar surface area (TPSA) is 41.6 Å². The van der Waals surface area contributed by atoms with E-state index in [-0.39, 0.29) is 11.3 Å². The molecule has 4 nitrogen and oxygen atoms in total. The zero-order valence-corrected chi connectivity index (χ0v) is 15.8. The fourth-order valence-electron chi connectivity index (χ4n) is 2.61. The molecule has 0 aromatic heterocycles. The number of carbonyl (C=O) groups excluding carboxylic acids is 1. The van der Waals surface area contributed by atoms with Crippen molar-refractivity contribution in [2.75, 3.05) is 26.7 Å². The standard InChI is InChI=1S/C20H32N2O2/c1-15(2)13-24-18-10-6-16(7-11-18)20(3,4)14-21-19(23)12-22(5)17-8-9-17/h6-7,10-11,15,17H,8-9,12-14H2,1-5H3,(H,21,23). The zero-order valence-electron chi connectivity index (χ0n) is 15.8. The summed E-state index contributed by atoms with van der Waals surface area (Å²) in [5, 5.41) is 3.08. The van der Waals surface area contributed by atoms with Crippen LogP contribution >= 0.6 is 0 Å². The molecule has 1 aliphatic rings. The predicted octanol–water partition coefficient (Wildman–Crippen LogP) is 3.21. The number of hydrogen-bond acceptors (Lipinski definition) is 3. The van der Waals surface area contributed by atoms with E-state index in [0.717, 1.165) is 12.4 Å². The number of nitrogens with one attached hydrogen (secondary N) is 1. The van der Waals surface area contributed by atoms with E-state index in [1.165, 1.54) is 18.4 Å². The minimum atomic E-state index is -0.107. The molecule has 0 atom stereocenters. The fraction of sp³-hybridized carbons (Fsp3) is 0.650. The SMILES string of the molecule is CC(C)COc1ccc(C(C)(C)CNC(=O)CN(C)C2CC2)cc1. The van der Waals surface area contributed by atoms with Gasteiger partial charge in [0.25, 0.3) is 0 Å². The molecule has 1 N–H and O–H groups in total. The summed E-state index contributed by atoms with van der Waals surface area (Å²) in [5.41, 5.74) is 1.10. The van der Waals surface area contributed by atoms with E-state index in [9.17, 15) is 4.79 Å². The highest BCUT2D eigenvalue weighted by molar-refractivity contribution is 5.78. The Labute approximate surface area is 146 Å². The average molecular weight is 332 g/mol. The maximum atomic E-state index is 12.1. The van der Waals surface area contributed by atoms with Crippen molar-refractivity contribution in [1.29, 1.82) is 0 Å². The molecule has 1 aromatic rings. The Morgan fingerprint density at radius 3 is 2.46 bits per heavy atom. The maximum Gasteiger partial charge on any atom is 0.234 e. The van der Waals surface area contributed by atoms with Gasteiger partial charge in [-0.1, -0.05) is 39.8 Å². The largest absolute Gasteiger partial charge is 0.493 e. The van der Waals surface area contributed by atoms with Crippen LogP contribution in [0.25, 0.3) is 0 Å². The molecular formula is C20H32N2O2. The third kappa shape index (κ3) is 5.82. The van der Waals surface area contributed by atoms with Gasteiger partial charge in [0.05, 0.1) is 13.2 Å². The summed E-state index contributed by atoms with van der Waals surface area (Å²) < 4.78 is 5.73. The van der Waals surface area contributed by atoms with Crippen LogP contribution in [0.4, 0.5) is 0 Å². The summed E-state index contributed by atoms with van der Waals surface area (Å²) in [7, 11) is 2.03. The second-order valence-electron chi connectivity index (χ2n) is 8.04. The van der Waals surface area contributed by atoms with Crippen LogP contribution in [0, 0.1) is 5.92 Å². The van der Waals surface area contributed by atoms with Crippen LogP contribution in [-0.4, -0.2) is 43.6 Å². The van der Waals surface area contributed by atoms with Gasteiger partial charge >= 0.3 is 0 Å². The molecule has 0 aliphatic heterocycles. The Morgan fingerprint density at radius 2 is 1.92 bits per heavy atom. The molecule has 1 amide bonds. The number of nitrogens with zero attached hydrogens (tertiary/aromatic N) is 1. The number of hydrogen-bond donors (Lipinski definition) is 1. The van der Waals surface area contributed by atoms with Gasteiger partial charge in [-0.15, -0.1) is 0 Å². The summed E-state index contributed by atoms with van der Waals surface area (Å²) in [6.45, 7) is 10.4. The molecule has 1 saturated carbocycles. The number of carbonyl (C=O) groups is 1. The number of likely N-dealkylation sites (N-methyl/N-ethyl adjacent to an activating group) is 1. The van der Waals surface area contributed by atoms with E-state index in [1.54, 1.807) is 0 Å². The van der Waals surface area contributed by atoms with Gasteiger partial charge < -0.3 is 10.1 Å². The Kier molecular flexibility index (Phi) is 6.27. The number of rotatable bonds is 9. The molecule has 1 fully saturated rings. The monoisotopic (exact) mass is 332 g/mol. The van der Waals surface area contributed by atoms with E-state index in [1.807, 2.05) is 19.2 Å². The summed E-state index contributed by atoms with van der Waals surface area (Å²) in [6.07, 6.45) is 2.45. The van der Waals surface area contributed by atoms with Crippen LogP contribution in [0.2, 0.25) is 0 Å². The molecule has 134 valence electrons. The second kappa shape index (κ2) is 8.02. The lowest BCUT2D eigenvalue weighted by Gasteiger charge is -2.26. The van der Waals surface area contributed by atoms with E-state index in [0.29, 0.717) is 25.0 Å². The van der Waals surface area contributed by atoms with Crippen LogP contribution in [0.1, 0.15) is 46.1 Å². The van der Waals surface area contributed by atoms with Gasteiger partial charge in [-0.25, -0.2) is 0 Å². The van der Waals surface area contributed by atoms with E-state index in [4.69, 9.17) is 4.74 Å². The lowest BCUT2D eigenvalue weighted by molar-refractivity contribution is -0.122. The lowest BCUT2D eigenvalue weighted by Crippen LogP contribution is -2.41.